The highest BCUT2D eigenvalue weighted by Crippen LogP contribution is 2.37. The fraction of sp³-hybridized carbons (Fsp3) is 0.353. The Balaban J connectivity index is 1.25. The van der Waals surface area contributed by atoms with Crippen molar-refractivity contribution in [1.82, 2.24) is 14.8 Å². The van der Waals surface area contributed by atoms with E-state index in [1.54, 1.807) is 0 Å². The van der Waals surface area contributed by atoms with Gasteiger partial charge in [0.25, 0.3) is 5.91 Å². The fourth-order valence-corrected chi connectivity index (χ4v) is 6.59. The summed E-state index contributed by atoms with van der Waals surface area (Å²) in [7, 11) is 0. The van der Waals surface area contributed by atoms with Gasteiger partial charge in [0.15, 0.2) is 11.5 Å². The maximum Gasteiger partial charge on any atom is 0.254 e. The third-order valence-corrected chi connectivity index (χ3v) is 9.17. The molecule has 0 radical (unpaired) electrons. The number of benzene rings is 3. The van der Waals surface area contributed by atoms with Crippen molar-refractivity contribution in [3.05, 3.63) is 82.9 Å². The third-order valence-electron chi connectivity index (χ3n) is 8.92. The molecule has 216 valence electrons. The zero-order valence-electron chi connectivity index (χ0n) is 23.8. The summed E-state index contributed by atoms with van der Waals surface area (Å²) in [4.78, 5) is 24.0. The largest absolute Gasteiger partial charge is 0.454 e. The number of halogens is 1. The number of aromatic nitrogens is 1. The second-order valence-electron chi connectivity index (χ2n) is 11.7. The second kappa shape index (κ2) is 11.5. The molecule has 2 saturated heterocycles. The molecule has 2 fully saturated rings. The summed E-state index contributed by atoms with van der Waals surface area (Å²) in [5, 5.41) is 5.01. The van der Waals surface area contributed by atoms with Crippen LogP contribution in [0.3, 0.4) is 0 Å². The Morgan fingerprint density at radius 3 is 2.55 bits per heavy atom. The molecule has 3 aromatic carbocycles. The van der Waals surface area contributed by atoms with Crippen LogP contribution in [0, 0.1) is 5.92 Å². The lowest BCUT2D eigenvalue weighted by Crippen LogP contribution is -2.44. The number of nitrogens with one attached hydrogen (secondary N) is 1. The van der Waals surface area contributed by atoms with Crippen LogP contribution in [-0.2, 0) is 6.54 Å². The van der Waals surface area contributed by atoms with Gasteiger partial charge in [0.2, 0.25) is 6.79 Å². The van der Waals surface area contributed by atoms with Crippen molar-refractivity contribution in [3.8, 4) is 22.6 Å². The number of anilines is 1. The van der Waals surface area contributed by atoms with E-state index in [2.05, 4.69) is 34.2 Å². The Labute approximate surface area is 251 Å². The summed E-state index contributed by atoms with van der Waals surface area (Å²) in [5.41, 5.74) is 4.56. The molecule has 0 bridgehead atoms. The van der Waals surface area contributed by atoms with Gasteiger partial charge in [-0.3, -0.25) is 4.79 Å². The number of fused-ring (bicyclic) bond motifs is 2. The van der Waals surface area contributed by atoms with Gasteiger partial charge < -0.3 is 24.6 Å². The first-order valence-electron chi connectivity index (χ1n) is 14.9. The number of hydrogen-bond acceptors (Lipinski definition) is 6. The standard InChI is InChI=1S/C34H35ClN4O3/c1-22-12-15-39(30(22)20-38-13-2-3-14-38)34(40)28-18-33(36-19-23-4-8-26(35)9-5-23)37-29-10-6-24(16-27(28)29)25-7-11-31-32(17-25)42-21-41-31/h4-11,16-18,22,30H,2-3,12-15,19-21H2,1H3,(H,36,37)/t22-,30+/m0/s1. The van der Waals surface area contributed by atoms with E-state index in [1.165, 1.54) is 12.8 Å². The summed E-state index contributed by atoms with van der Waals surface area (Å²) in [6, 6.07) is 22.0. The van der Waals surface area contributed by atoms with Gasteiger partial charge in [0, 0.05) is 36.1 Å². The van der Waals surface area contributed by atoms with Gasteiger partial charge in [-0.15, -0.1) is 0 Å². The normalized spacial score (nSPS) is 20.0. The topological polar surface area (TPSA) is 66.9 Å². The minimum atomic E-state index is 0.0772. The molecule has 4 heterocycles. The smallest absolute Gasteiger partial charge is 0.254 e. The van der Waals surface area contributed by atoms with E-state index >= 15 is 0 Å². The van der Waals surface area contributed by atoms with Gasteiger partial charge in [-0.1, -0.05) is 42.8 Å². The second-order valence-corrected chi connectivity index (χ2v) is 12.1. The van der Waals surface area contributed by atoms with Gasteiger partial charge in [-0.25, -0.2) is 4.98 Å². The van der Waals surface area contributed by atoms with Crippen molar-refractivity contribution in [2.45, 2.75) is 38.8 Å². The number of amides is 1. The first-order valence-corrected chi connectivity index (χ1v) is 15.3. The van der Waals surface area contributed by atoms with Crippen LogP contribution in [0.2, 0.25) is 5.02 Å². The lowest BCUT2D eigenvalue weighted by molar-refractivity contribution is 0.0689. The molecule has 1 aromatic heterocycles. The fourth-order valence-electron chi connectivity index (χ4n) is 6.47. The number of nitrogens with zero attached hydrogens (tertiary/aromatic N) is 3. The van der Waals surface area contributed by atoms with Gasteiger partial charge in [-0.2, -0.15) is 0 Å². The van der Waals surface area contributed by atoms with Crippen molar-refractivity contribution in [3.63, 3.8) is 0 Å². The van der Waals surface area contributed by atoms with Crippen LogP contribution in [0.15, 0.2) is 66.7 Å². The average molecular weight is 583 g/mol. The van der Waals surface area contributed by atoms with E-state index in [9.17, 15) is 4.79 Å². The van der Waals surface area contributed by atoms with Crippen molar-refractivity contribution >= 4 is 34.2 Å². The monoisotopic (exact) mass is 582 g/mol. The van der Waals surface area contributed by atoms with Crippen LogP contribution in [0.4, 0.5) is 5.82 Å². The van der Waals surface area contributed by atoms with E-state index < -0.39 is 0 Å². The van der Waals surface area contributed by atoms with E-state index in [4.69, 9.17) is 26.1 Å². The minimum absolute atomic E-state index is 0.0772. The molecule has 1 N–H and O–H groups in total. The molecule has 0 aliphatic carbocycles. The van der Waals surface area contributed by atoms with E-state index in [0.29, 0.717) is 28.9 Å². The zero-order chi connectivity index (χ0) is 28.6. The molecule has 0 spiro atoms. The maximum absolute atomic E-state index is 14.5. The number of likely N-dealkylation sites (tertiary alicyclic amines) is 2. The van der Waals surface area contributed by atoms with E-state index in [1.807, 2.05) is 54.6 Å². The number of carbonyl (C=O) groups excluding carboxylic acids is 1. The van der Waals surface area contributed by atoms with Crippen LogP contribution >= 0.6 is 11.6 Å². The molecule has 1 amide bonds. The Bertz CT molecular complexity index is 1620. The zero-order valence-corrected chi connectivity index (χ0v) is 24.6. The molecular formula is C34H35ClN4O3. The third kappa shape index (κ3) is 5.39. The van der Waals surface area contributed by atoms with Crippen molar-refractivity contribution < 1.29 is 14.3 Å². The van der Waals surface area contributed by atoms with E-state index in [0.717, 1.165) is 71.7 Å². The molecule has 3 aliphatic heterocycles. The number of carbonyl (C=O) groups is 1. The minimum Gasteiger partial charge on any atom is -0.454 e. The number of hydrogen-bond donors (Lipinski definition) is 1. The summed E-state index contributed by atoms with van der Waals surface area (Å²) in [6.07, 6.45) is 3.52. The highest BCUT2D eigenvalue weighted by Gasteiger charge is 2.37. The summed E-state index contributed by atoms with van der Waals surface area (Å²) in [5.74, 6) is 2.71. The number of ether oxygens (including phenoxy) is 2. The first-order chi connectivity index (χ1) is 20.5. The lowest BCUT2D eigenvalue weighted by atomic mass is 9.99. The Hall–Kier alpha value is -3.81. The summed E-state index contributed by atoms with van der Waals surface area (Å²) in [6.45, 7) is 7.07. The maximum atomic E-state index is 14.5. The van der Waals surface area contributed by atoms with Crippen LogP contribution < -0.4 is 14.8 Å². The van der Waals surface area contributed by atoms with Crippen molar-refractivity contribution in [2.75, 3.05) is 38.3 Å². The molecule has 7 nitrogen and oxygen atoms in total. The first kappa shape index (κ1) is 27.0. The Kier molecular flexibility index (Phi) is 7.38. The SMILES string of the molecule is C[C@H]1CCN(C(=O)c2cc(NCc3ccc(Cl)cc3)nc3ccc(-c4ccc5c(c4)OCO5)cc23)[C@@H]1CN1CCCC1. The van der Waals surface area contributed by atoms with Crippen molar-refractivity contribution in [1.29, 1.82) is 0 Å². The molecule has 0 saturated carbocycles. The molecule has 42 heavy (non-hydrogen) atoms. The molecule has 8 heteroatoms. The highest BCUT2D eigenvalue weighted by molar-refractivity contribution is 6.30. The number of pyridine rings is 1. The van der Waals surface area contributed by atoms with Gasteiger partial charge in [0.1, 0.15) is 5.82 Å². The van der Waals surface area contributed by atoms with Gasteiger partial charge in [-0.05, 0) is 97.4 Å². The van der Waals surface area contributed by atoms with Gasteiger partial charge >= 0.3 is 0 Å². The predicted octanol–water partition coefficient (Wildman–Crippen LogP) is 6.84. The van der Waals surface area contributed by atoms with Crippen molar-refractivity contribution in [2.24, 2.45) is 5.92 Å². The molecular weight excluding hydrogens is 548 g/mol. The molecule has 4 aromatic rings. The summed E-state index contributed by atoms with van der Waals surface area (Å²) < 4.78 is 11.1. The molecule has 2 atom stereocenters. The van der Waals surface area contributed by atoms with Gasteiger partial charge in [0.05, 0.1) is 11.1 Å². The Morgan fingerprint density at radius 2 is 1.71 bits per heavy atom. The van der Waals surface area contributed by atoms with Crippen LogP contribution in [-0.4, -0.2) is 59.7 Å². The molecule has 7 rings (SSSR count). The average Bonchev–Trinajstić information content (AvgIpc) is 3.78. The molecule has 3 aliphatic rings. The predicted molar refractivity (Wildman–Crippen MR) is 166 cm³/mol. The van der Waals surface area contributed by atoms with Crippen LogP contribution in [0.1, 0.15) is 42.1 Å². The molecule has 0 unspecified atom stereocenters. The highest BCUT2D eigenvalue weighted by atomic mass is 35.5. The summed E-state index contributed by atoms with van der Waals surface area (Å²) >= 11 is 6.08. The Morgan fingerprint density at radius 1 is 0.952 bits per heavy atom. The van der Waals surface area contributed by atoms with E-state index in [-0.39, 0.29) is 18.7 Å². The lowest BCUT2D eigenvalue weighted by Gasteiger charge is -2.31. The van der Waals surface area contributed by atoms with Crippen LogP contribution in [0.25, 0.3) is 22.0 Å². The number of rotatable bonds is 7. The quantitative estimate of drug-likeness (QED) is 0.257. The van der Waals surface area contributed by atoms with Crippen LogP contribution in [0.5, 0.6) is 11.5 Å².